The topological polar surface area (TPSA) is 44.1 Å². The van der Waals surface area contributed by atoms with Crippen molar-refractivity contribution in [2.24, 2.45) is 0 Å². The number of ether oxygens (including phenoxy) is 1. The Morgan fingerprint density at radius 2 is 2.24 bits per heavy atom. The number of nitrogens with zero attached hydrogens (tertiary/aromatic N) is 2. The monoisotopic (exact) mass is 348 g/mol. The van der Waals surface area contributed by atoms with Gasteiger partial charge < -0.3 is 4.74 Å². The number of carbonyl (C=O) groups excluding carboxylic acids is 1. The standard InChI is InChI=1S/C16H17BrN2O2/c1-3-19-13(16(17)10(2)18-19)8-14(20)12-9-21-15-7-5-4-6-11(12)15/h4-7,12H,3,8-9H2,1-2H3. The molecule has 1 aliphatic heterocycles. The third-order valence-electron chi connectivity index (χ3n) is 3.88. The van der Waals surface area contributed by atoms with Crippen molar-refractivity contribution >= 4 is 21.7 Å². The molecule has 0 radical (unpaired) electrons. The summed E-state index contributed by atoms with van der Waals surface area (Å²) in [6.07, 6.45) is 0.373. The summed E-state index contributed by atoms with van der Waals surface area (Å²) in [4.78, 5) is 12.7. The molecule has 0 amide bonds. The summed E-state index contributed by atoms with van der Waals surface area (Å²) < 4.78 is 8.43. The summed E-state index contributed by atoms with van der Waals surface area (Å²) in [5.74, 6) is 0.832. The third-order valence-corrected chi connectivity index (χ3v) is 4.91. The molecule has 1 aromatic carbocycles. The van der Waals surface area contributed by atoms with Gasteiger partial charge in [0.1, 0.15) is 18.1 Å². The van der Waals surface area contributed by atoms with Gasteiger partial charge in [0.15, 0.2) is 0 Å². The van der Waals surface area contributed by atoms with Gasteiger partial charge in [0.25, 0.3) is 0 Å². The molecule has 5 heteroatoms. The van der Waals surface area contributed by atoms with Gasteiger partial charge >= 0.3 is 0 Å². The van der Waals surface area contributed by atoms with Crippen LogP contribution in [0, 0.1) is 6.92 Å². The average molecular weight is 349 g/mol. The Hall–Kier alpha value is -1.62. The predicted molar refractivity (Wildman–Crippen MR) is 83.7 cm³/mol. The first-order chi connectivity index (χ1) is 10.1. The molecule has 1 atom stereocenters. The number of Topliss-reactive ketones (excluding diaryl/α,β-unsaturated/α-hetero) is 1. The van der Waals surface area contributed by atoms with E-state index >= 15 is 0 Å². The number of benzene rings is 1. The molecule has 4 nitrogen and oxygen atoms in total. The molecule has 1 unspecified atom stereocenters. The van der Waals surface area contributed by atoms with Gasteiger partial charge in [0.2, 0.25) is 0 Å². The Bertz CT molecular complexity index is 694. The van der Waals surface area contributed by atoms with Crippen molar-refractivity contribution in [3.63, 3.8) is 0 Å². The fraction of sp³-hybridized carbons (Fsp3) is 0.375. The van der Waals surface area contributed by atoms with Crippen LogP contribution in [-0.2, 0) is 17.8 Å². The molecule has 0 bridgehead atoms. The van der Waals surface area contributed by atoms with Gasteiger partial charge in [-0.15, -0.1) is 0 Å². The van der Waals surface area contributed by atoms with E-state index in [0.717, 1.165) is 33.7 Å². The summed E-state index contributed by atoms with van der Waals surface area (Å²) in [6.45, 7) is 5.17. The van der Waals surface area contributed by atoms with Gasteiger partial charge in [-0.05, 0) is 35.8 Å². The van der Waals surface area contributed by atoms with E-state index in [-0.39, 0.29) is 11.7 Å². The van der Waals surface area contributed by atoms with E-state index in [4.69, 9.17) is 4.74 Å². The summed E-state index contributed by atoms with van der Waals surface area (Å²) in [5, 5.41) is 4.44. The second-order valence-corrected chi connectivity index (χ2v) is 6.00. The van der Waals surface area contributed by atoms with Crippen molar-refractivity contribution in [3.8, 4) is 5.75 Å². The minimum Gasteiger partial charge on any atom is -0.492 e. The number of hydrogen-bond acceptors (Lipinski definition) is 3. The molecule has 0 fully saturated rings. The van der Waals surface area contributed by atoms with Gasteiger partial charge in [-0.25, -0.2) is 0 Å². The fourth-order valence-corrected chi connectivity index (χ4v) is 3.18. The van der Waals surface area contributed by atoms with Crippen LogP contribution in [0.5, 0.6) is 5.75 Å². The first-order valence-electron chi connectivity index (χ1n) is 7.08. The Morgan fingerprint density at radius 1 is 1.48 bits per heavy atom. The van der Waals surface area contributed by atoms with Crippen LogP contribution in [0.4, 0.5) is 0 Å². The van der Waals surface area contributed by atoms with Crippen LogP contribution < -0.4 is 4.74 Å². The van der Waals surface area contributed by atoms with Crippen LogP contribution in [-0.4, -0.2) is 22.2 Å². The lowest BCUT2D eigenvalue weighted by Gasteiger charge is -2.09. The van der Waals surface area contributed by atoms with E-state index in [1.54, 1.807) is 0 Å². The molecule has 2 aromatic rings. The summed E-state index contributed by atoms with van der Waals surface area (Å²) >= 11 is 3.54. The van der Waals surface area contributed by atoms with E-state index in [9.17, 15) is 4.79 Å². The highest BCUT2D eigenvalue weighted by Gasteiger charge is 2.31. The van der Waals surface area contributed by atoms with E-state index in [0.29, 0.717) is 13.0 Å². The van der Waals surface area contributed by atoms with E-state index in [1.807, 2.05) is 42.8 Å². The number of aromatic nitrogens is 2. The first-order valence-corrected chi connectivity index (χ1v) is 7.87. The van der Waals surface area contributed by atoms with E-state index < -0.39 is 0 Å². The average Bonchev–Trinajstić information content (AvgIpc) is 3.03. The van der Waals surface area contributed by atoms with E-state index in [2.05, 4.69) is 21.0 Å². The number of ketones is 1. The molecular weight excluding hydrogens is 332 g/mol. The highest BCUT2D eigenvalue weighted by Crippen LogP contribution is 2.35. The number of halogens is 1. The number of aryl methyl sites for hydroxylation is 2. The lowest BCUT2D eigenvalue weighted by molar-refractivity contribution is -0.120. The highest BCUT2D eigenvalue weighted by atomic mass is 79.9. The lowest BCUT2D eigenvalue weighted by Crippen LogP contribution is -2.18. The number of hydrogen-bond donors (Lipinski definition) is 0. The molecule has 0 aliphatic carbocycles. The largest absolute Gasteiger partial charge is 0.492 e. The van der Waals surface area contributed by atoms with Gasteiger partial charge in [-0.3, -0.25) is 9.48 Å². The van der Waals surface area contributed by atoms with Gasteiger partial charge in [0.05, 0.1) is 28.2 Å². The van der Waals surface area contributed by atoms with Crippen molar-refractivity contribution in [2.45, 2.75) is 32.7 Å². The van der Waals surface area contributed by atoms with Crippen molar-refractivity contribution in [1.82, 2.24) is 9.78 Å². The molecule has 0 spiro atoms. The fourth-order valence-electron chi connectivity index (χ4n) is 2.76. The zero-order valence-corrected chi connectivity index (χ0v) is 13.7. The number of fused-ring (bicyclic) bond motifs is 1. The molecule has 2 heterocycles. The third kappa shape index (κ3) is 2.50. The predicted octanol–water partition coefficient (Wildman–Crippen LogP) is 3.26. The van der Waals surface area contributed by atoms with Crippen LogP contribution in [0.25, 0.3) is 0 Å². The number of para-hydroxylation sites is 1. The highest BCUT2D eigenvalue weighted by molar-refractivity contribution is 9.10. The molecule has 3 rings (SSSR count). The van der Waals surface area contributed by atoms with Crippen molar-refractivity contribution in [3.05, 3.63) is 45.7 Å². The molecule has 21 heavy (non-hydrogen) atoms. The molecule has 1 aromatic heterocycles. The van der Waals surface area contributed by atoms with Crippen molar-refractivity contribution < 1.29 is 9.53 Å². The summed E-state index contributed by atoms with van der Waals surface area (Å²) in [7, 11) is 0. The quantitative estimate of drug-likeness (QED) is 0.851. The summed E-state index contributed by atoms with van der Waals surface area (Å²) in [5.41, 5.74) is 2.87. The first kappa shape index (κ1) is 14.3. The molecular formula is C16H17BrN2O2. The zero-order valence-electron chi connectivity index (χ0n) is 12.1. The van der Waals surface area contributed by atoms with Crippen LogP contribution >= 0.6 is 15.9 Å². The van der Waals surface area contributed by atoms with E-state index in [1.165, 1.54) is 0 Å². The van der Waals surface area contributed by atoms with Crippen LogP contribution in [0.2, 0.25) is 0 Å². The van der Waals surface area contributed by atoms with Gasteiger partial charge in [-0.2, -0.15) is 5.10 Å². The Labute approximate surface area is 132 Å². The second-order valence-electron chi connectivity index (χ2n) is 5.21. The number of rotatable bonds is 4. The maximum absolute atomic E-state index is 12.7. The SMILES string of the molecule is CCn1nc(C)c(Br)c1CC(=O)C1COc2ccccc21. The molecule has 0 saturated carbocycles. The lowest BCUT2D eigenvalue weighted by atomic mass is 9.94. The molecule has 110 valence electrons. The smallest absolute Gasteiger partial charge is 0.149 e. The Morgan fingerprint density at radius 3 is 3.00 bits per heavy atom. The van der Waals surface area contributed by atoms with Crippen LogP contribution in [0.3, 0.4) is 0 Å². The minimum atomic E-state index is -0.173. The Kier molecular flexibility index (Phi) is 3.85. The second kappa shape index (κ2) is 5.64. The van der Waals surface area contributed by atoms with Crippen LogP contribution in [0.15, 0.2) is 28.7 Å². The van der Waals surface area contributed by atoms with Crippen LogP contribution in [0.1, 0.15) is 29.8 Å². The molecule has 0 saturated heterocycles. The molecule has 0 N–H and O–H groups in total. The van der Waals surface area contributed by atoms with Gasteiger partial charge in [0, 0.05) is 12.1 Å². The molecule has 1 aliphatic rings. The minimum absolute atomic E-state index is 0.173. The normalized spacial score (nSPS) is 16.6. The maximum atomic E-state index is 12.7. The van der Waals surface area contributed by atoms with Crippen molar-refractivity contribution in [1.29, 1.82) is 0 Å². The van der Waals surface area contributed by atoms with Crippen molar-refractivity contribution in [2.75, 3.05) is 6.61 Å². The van der Waals surface area contributed by atoms with Gasteiger partial charge in [-0.1, -0.05) is 18.2 Å². The zero-order chi connectivity index (χ0) is 15.0. The number of carbonyl (C=O) groups is 1. The summed E-state index contributed by atoms with van der Waals surface area (Å²) in [6, 6.07) is 7.77. The Balaban J connectivity index is 1.85. The maximum Gasteiger partial charge on any atom is 0.149 e.